The Morgan fingerprint density at radius 1 is 1.28 bits per heavy atom. The number of thiazole rings is 1. The summed E-state index contributed by atoms with van der Waals surface area (Å²) in [6.45, 7) is 0.0942. The van der Waals surface area contributed by atoms with Crippen LogP contribution in [-0.4, -0.2) is 45.8 Å². The van der Waals surface area contributed by atoms with Gasteiger partial charge in [0.1, 0.15) is 5.75 Å². The van der Waals surface area contributed by atoms with Gasteiger partial charge < -0.3 is 10.1 Å². The zero-order valence-corrected chi connectivity index (χ0v) is 15.7. The van der Waals surface area contributed by atoms with Crippen LogP contribution in [0.25, 0.3) is 11.3 Å². The van der Waals surface area contributed by atoms with Crippen molar-refractivity contribution in [3.8, 4) is 17.0 Å². The minimum Gasteiger partial charge on any atom is -0.497 e. The third kappa shape index (κ3) is 6.11. The van der Waals surface area contributed by atoms with E-state index < -0.39 is 10.0 Å². The third-order valence-corrected chi connectivity index (χ3v) is 5.78. The maximum Gasteiger partial charge on any atom is 0.220 e. The first kappa shape index (κ1) is 19.4. The highest BCUT2D eigenvalue weighted by molar-refractivity contribution is 7.89. The average molecular weight is 383 g/mol. The topological polar surface area (TPSA) is 97.4 Å². The van der Waals surface area contributed by atoms with Crippen molar-refractivity contribution in [1.29, 1.82) is 0 Å². The van der Waals surface area contributed by atoms with Crippen molar-refractivity contribution in [2.45, 2.75) is 12.8 Å². The summed E-state index contributed by atoms with van der Waals surface area (Å²) in [5.41, 5.74) is 1.85. The van der Waals surface area contributed by atoms with Crippen LogP contribution in [0.2, 0.25) is 0 Å². The third-order valence-electron chi connectivity index (χ3n) is 3.51. The Bertz CT molecular complexity index is 801. The summed E-state index contributed by atoms with van der Waals surface area (Å²) in [6.07, 6.45) is 0.792. The fraction of sp³-hybridized carbons (Fsp3) is 0.375. The highest BCUT2D eigenvalue weighted by Gasteiger charge is 2.10. The number of sulfonamides is 1. The molecule has 1 aromatic heterocycles. The van der Waals surface area contributed by atoms with E-state index in [4.69, 9.17) is 4.74 Å². The molecule has 0 aliphatic rings. The minimum absolute atomic E-state index is 0.0942. The number of carbonyl (C=O) groups excluding carboxylic acids is 1. The van der Waals surface area contributed by atoms with Gasteiger partial charge in [0.05, 0.1) is 23.6 Å². The zero-order chi connectivity index (χ0) is 18.3. The molecule has 25 heavy (non-hydrogen) atoms. The average Bonchev–Trinajstić information content (AvgIpc) is 3.09. The number of nitrogens with one attached hydrogen (secondary N) is 2. The van der Waals surface area contributed by atoms with E-state index in [9.17, 15) is 13.2 Å². The van der Waals surface area contributed by atoms with Crippen LogP contribution in [0.1, 0.15) is 11.4 Å². The van der Waals surface area contributed by atoms with Crippen LogP contribution in [0, 0.1) is 0 Å². The summed E-state index contributed by atoms with van der Waals surface area (Å²) in [7, 11) is -0.331. The predicted molar refractivity (Wildman–Crippen MR) is 98.3 cm³/mol. The number of methoxy groups -OCH3 is 1. The molecule has 0 aliphatic carbocycles. The lowest BCUT2D eigenvalue weighted by atomic mass is 10.2. The first-order valence-electron chi connectivity index (χ1n) is 7.70. The van der Waals surface area contributed by atoms with Gasteiger partial charge in [0.15, 0.2) is 0 Å². The molecule has 0 fully saturated rings. The molecule has 0 bridgehead atoms. The fourth-order valence-corrected chi connectivity index (χ4v) is 3.44. The Morgan fingerprint density at radius 3 is 2.64 bits per heavy atom. The van der Waals surface area contributed by atoms with Crippen molar-refractivity contribution >= 4 is 27.3 Å². The van der Waals surface area contributed by atoms with E-state index in [1.807, 2.05) is 29.6 Å². The van der Waals surface area contributed by atoms with Gasteiger partial charge in [0.2, 0.25) is 15.9 Å². The van der Waals surface area contributed by atoms with Gasteiger partial charge in [-0.3, -0.25) is 4.79 Å². The molecular weight excluding hydrogens is 362 g/mol. The maximum absolute atomic E-state index is 11.8. The number of hydrogen-bond acceptors (Lipinski definition) is 6. The van der Waals surface area contributed by atoms with E-state index >= 15 is 0 Å². The first-order valence-corrected chi connectivity index (χ1v) is 10.2. The van der Waals surface area contributed by atoms with E-state index in [1.54, 1.807) is 7.11 Å². The number of amides is 1. The van der Waals surface area contributed by atoms with Crippen molar-refractivity contribution in [3.05, 3.63) is 34.7 Å². The Morgan fingerprint density at radius 2 is 2.00 bits per heavy atom. The summed E-state index contributed by atoms with van der Waals surface area (Å²) in [5.74, 6) is 0.470. The zero-order valence-electron chi connectivity index (χ0n) is 14.1. The van der Waals surface area contributed by atoms with E-state index in [-0.39, 0.29) is 24.6 Å². The smallest absolute Gasteiger partial charge is 0.220 e. The summed E-state index contributed by atoms with van der Waals surface area (Å²) in [6, 6.07) is 7.63. The SMILES string of the molecule is CNS(=O)(=O)CCNC(=O)CCc1nc(-c2ccc(OC)cc2)cs1. The molecule has 1 amide bonds. The van der Waals surface area contributed by atoms with Crippen molar-refractivity contribution in [3.63, 3.8) is 0 Å². The number of hydrogen-bond donors (Lipinski definition) is 2. The number of carbonyl (C=O) groups is 1. The summed E-state index contributed by atoms with van der Waals surface area (Å²) < 4.78 is 29.9. The molecule has 9 heteroatoms. The maximum atomic E-state index is 11.8. The molecule has 0 unspecified atom stereocenters. The molecule has 2 aromatic rings. The predicted octanol–water partition coefficient (Wildman–Crippen LogP) is 1.42. The van der Waals surface area contributed by atoms with Crippen LogP contribution < -0.4 is 14.8 Å². The molecule has 1 heterocycles. The Labute approximate surface area is 151 Å². The molecule has 0 saturated carbocycles. The largest absolute Gasteiger partial charge is 0.497 e. The highest BCUT2D eigenvalue weighted by Crippen LogP contribution is 2.24. The van der Waals surface area contributed by atoms with Gasteiger partial charge in [0, 0.05) is 30.3 Å². The van der Waals surface area contributed by atoms with Gasteiger partial charge in [-0.2, -0.15) is 0 Å². The molecule has 2 N–H and O–H groups in total. The van der Waals surface area contributed by atoms with Crippen LogP contribution in [-0.2, 0) is 21.2 Å². The summed E-state index contributed by atoms with van der Waals surface area (Å²) >= 11 is 1.50. The molecule has 1 aromatic carbocycles. The highest BCUT2D eigenvalue weighted by atomic mass is 32.2. The molecule has 136 valence electrons. The minimum atomic E-state index is -3.30. The van der Waals surface area contributed by atoms with Gasteiger partial charge in [-0.15, -0.1) is 11.3 Å². The second kappa shape index (κ2) is 8.93. The Hall–Kier alpha value is -1.97. The van der Waals surface area contributed by atoms with Crippen LogP contribution in [0.4, 0.5) is 0 Å². The van der Waals surface area contributed by atoms with E-state index in [1.165, 1.54) is 18.4 Å². The molecule has 0 radical (unpaired) electrons. The lowest BCUT2D eigenvalue weighted by Gasteiger charge is -2.04. The molecule has 0 saturated heterocycles. The molecule has 7 nitrogen and oxygen atoms in total. The lowest BCUT2D eigenvalue weighted by molar-refractivity contribution is -0.120. The normalized spacial score (nSPS) is 11.3. The van der Waals surface area contributed by atoms with Crippen molar-refractivity contribution in [1.82, 2.24) is 15.0 Å². The fourth-order valence-electron chi connectivity index (χ4n) is 2.06. The standard InChI is InChI=1S/C16H21N3O4S2/c1-17-25(21,22)10-9-18-15(20)7-8-16-19-14(11-24-16)12-3-5-13(23-2)6-4-12/h3-6,11,17H,7-10H2,1-2H3,(H,18,20). The quantitative estimate of drug-likeness (QED) is 0.682. The number of benzene rings is 1. The van der Waals surface area contributed by atoms with Gasteiger partial charge in [0.25, 0.3) is 0 Å². The summed E-state index contributed by atoms with van der Waals surface area (Å²) in [4.78, 5) is 16.3. The number of aromatic nitrogens is 1. The van der Waals surface area contributed by atoms with Gasteiger partial charge >= 0.3 is 0 Å². The number of aryl methyl sites for hydroxylation is 1. The monoisotopic (exact) mass is 383 g/mol. The summed E-state index contributed by atoms with van der Waals surface area (Å²) in [5, 5.41) is 5.42. The molecule has 0 spiro atoms. The van der Waals surface area contributed by atoms with Crippen molar-refractivity contribution in [2.75, 3.05) is 26.5 Å². The number of ether oxygens (including phenoxy) is 1. The molecular formula is C16H21N3O4S2. The second-order valence-corrected chi connectivity index (χ2v) is 8.22. The Kier molecular flexibility index (Phi) is 6.91. The van der Waals surface area contributed by atoms with E-state index in [0.29, 0.717) is 6.42 Å². The van der Waals surface area contributed by atoms with Crippen LogP contribution >= 0.6 is 11.3 Å². The number of rotatable bonds is 9. The van der Waals surface area contributed by atoms with E-state index in [2.05, 4.69) is 15.0 Å². The second-order valence-electron chi connectivity index (χ2n) is 5.23. The van der Waals surface area contributed by atoms with Crippen molar-refractivity contribution in [2.24, 2.45) is 0 Å². The van der Waals surface area contributed by atoms with Gasteiger partial charge in [-0.05, 0) is 31.3 Å². The van der Waals surface area contributed by atoms with Crippen LogP contribution in [0.15, 0.2) is 29.6 Å². The van der Waals surface area contributed by atoms with Crippen LogP contribution in [0.3, 0.4) is 0 Å². The molecule has 0 aliphatic heterocycles. The lowest BCUT2D eigenvalue weighted by Crippen LogP contribution is -2.33. The molecule has 2 rings (SSSR count). The molecule has 0 atom stereocenters. The van der Waals surface area contributed by atoms with Crippen molar-refractivity contribution < 1.29 is 17.9 Å². The number of nitrogens with zero attached hydrogens (tertiary/aromatic N) is 1. The Balaban J connectivity index is 1.81. The van der Waals surface area contributed by atoms with Gasteiger partial charge in [-0.1, -0.05) is 0 Å². The van der Waals surface area contributed by atoms with Gasteiger partial charge in [-0.25, -0.2) is 18.1 Å². The van der Waals surface area contributed by atoms with E-state index in [0.717, 1.165) is 22.0 Å². The van der Waals surface area contributed by atoms with Crippen LogP contribution in [0.5, 0.6) is 5.75 Å². The first-order chi connectivity index (χ1) is 11.9.